The molecule has 0 aliphatic carbocycles. The quantitative estimate of drug-likeness (QED) is 0.646. The summed E-state index contributed by atoms with van der Waals surface area (Å²) in [5, 5.41) is 5.73. The first-order chi connectivity index (χ1) is 9.60. The Morgan fingerprint density at radius 2 is 2.05 bits per heavy atom. The summed E-state index contributed by atoms with van der Waals surface area (Å²) in [5.41, 5.74) is 4.28. The molecule has 3 N–H and O–H groups in total. The molecule has 1 atom stereocenters. The third-order valence-corrected chi connectivity index (χ3v) is 4.13. The van der Waals surface area contributed by atoms with Crippen molar-refractivity contribution in [1.82, 2.24) is 15.2 Å². The van der Waals surface area contributed by atoms with E-state index in [0.29, 0.717) is 15.1 Å². The van der Waals surface area contributed by atoms with Crippen LogP contribution in [0.25, 0.3) is 0 Å². The summed E-state index contributed by atoms with van der Waals surface area (Å²) in [5.74, 6) is 5.70. The largest absolute Gasteiger partial charge is 0.271 e. The highest BCUT2D eigenvalue weighted by Gasteiger charge is 2.23. The minimum atomic E-state index is -0.372. The van der Waals surface area contributed by atoms with Gasteiger partial charge in [0.25, 0.3) is 0 Å². The van der Waals surface area contributed by atoms with Gasteiger partial charge in [-0.25, -0.2) is 5.43 Å². The number of nitrogens with two attached hydrogens (primary N) is 1. The van der Waals surface area contributed by atoms with Crippen LogP contribution in [0.15, 0.2) is 24.4 Å². The first kappa shape index (κ1) is 15.6. The number of nitrogens with zero attached hydrogens (tertiary/aromatic N) is 2. The molecule has 1 aromatic carbocycles. The molecule has 1 heterocycles. The van der Waals surface area contributed by atoms with Crippen LogP contribution in [0.1, 0.15) is 30.6 Å². The van der Waals surface area contributed by atoms with Crippen LogP contribution in [-0.4, -0.2) is 9.78 Å². The molecule has 4 nitrogen and oxygen atoms in total. The van der Waals surface area contributed by atoms with Gasteiger partial charge in [-0.1, -0.05) is 53.9 Å². The van der Waals surface area contributed by atoms with E-state index in [1.165, 1.54) is 0 Å². The van der Waals surface area contributed by atoms with Gasteiger partial charge in [-0.2, -0.15) is 5.10 Å². The molecule has 0 saturated carbocycles. The van der Waals surface area contributed by atoms with Crippen LogP contribution in [0.4, 0.5) is 0 Å². The Morgan fingerprint density at radius 1 is 1.30 bits per heavy atom. The molecule has 20 heavy (non-hydrogen) atoms. The summed E-state index contributed by atoms with van der Waals surface area (Å²) in [6, 6.07) is 5.04. The minimum Gasteiger partial charge on any atom is -0.271 e. The molecule has 0 spiro atoms. The van der Waals surface area contributed by atoms with Gasteiger partial charge in [-0.3, -0.25) is 10.5 Å². The Labute approximate surface area is 132 Å². The molecule has 0 saturated heterocycles. The lowest BCUT2D eigenvalue weighted by Gasteiger charge is -2.20. The fourth-order valence-corrected chi connectivity index (χ4v) is 2.78. The van der Waals surface area contributed by atoms with E-state index in [4.69, 9.17) is 40.6 Å². The third kappa shape index (κ3) is 2.95. The van der Waals surface area contributed by atoms with Crippen molar-refractivity contribution in [2.75, 3.05) is 0 Å². The van der Waals surface area contributed by atoms with Crippen molar-refractivity contribution in [2.45, 2.75) is 25.9 Å². The summed E-state index contributed by atoms with van der Waals surface area (Å²) in [6.45, 7) is 2.81. The highest BCUT2D eigenvalue weighted by atomic mass is 35.5. The highest BCUT2D eigenvalue weighted by molar-refractivity contribution is 6.42. The topological polar surface area (TPSA) is 55.9 Å². The van der Waals surface area contributed by atoms with Crippen LogP contribution in [0.3, 0.4) is 0 Å². The van der Waals surface area contributed by atoms with Gasteiger partial charge in [-0.15, -0.1) is 0 Å². The summed E-state index contributed by atoms with van der Waals surface area (Å²) in [4.78, 5) is 0. The van der Waals surface area contributed by atoms with Gasteiger partial charge in [0.05, 0.1) is 33.0 Å². The van der Waals surface area contributed by atoms with Crippen LogP contribution in [0.5, 0.6) is 0 Å². The van der Waals surface area contributed by atoms with Gasteiger partial charge in [0.2, 0.25) is 0 Å². The minimum absolute atomic E-state index is 0.372. The molecule has 7 heteroatoms. The van der Waals surface area contributed by atoms with Crippen LogP contribution in [0.2, 0.25) is 15.1 Å². The highest BCUT2D eigenvalue weighted by Crippen LogP contribution is 2.35. The first-order valence-corrected chi connectivity index (χ1v) is 7.34. The monoisotopic (exact) mass is 332 g/mol. The first-order valence-electron chi connectivity index (χ1n) is 6.21. The van der Waals surface area contributed by atoms with Crippen molar-refractivity contribution in [3.8, 4) is 0 Å². The Morgan fingerprint density at radius 3 is 2.70 bits per heavy atom. The van der Waals surface area contributed by atoms with E-state index < -0.39 is 0 Å². The number of hydrogen-bond acceptors (Lipinski definition) is 3. The lowest BCUT2D eigenvalue weighted by atomic mass is 10.0. The fourth-order valence-electron chi connectivity index (χ4n) is 2.11. The average molecular weight is 334 g/mol. The van der Waals surface area contributed by atoms with Crippen LogP contribution in [-0.2, 0) is 6.54 Å². The van der Waals surface area contributed by atoms with Gasteiger partial charge in [-0.05, 0) is 18.1 Å². The maximum absolute atomic E-state index is 6.27. The zero-order chi connectivity index (χ0) is 14.7. The summed E-state index contributed by atoms with van der Waals surface area (Å²) >= 11 is 18.6. The number of halogens is 3. The SMILES string of the molecule is CCCn1ncc(Cl)c1C(NN)c1cccc(Cl)c1Cl. The Bertz CT molecular complexity index is 597. The number of aromatic nitrogens is 2. The lowest BCUT2D eigenvalue weighted by Crippen LogP contribution is -2.31. The van der Waals surface area contributed by atoms with Crippen molar-refractivity contribution in [3.05, 3.63) is 50.7 Å². The smallest absolute Gasteiger partial charge is 0.0908 e. The van der Waals surface area contributed by atoms with E-state index in [9.17, 15) is 0 Å². The normalized spacial score (nSPS) is 12.7. The number of nitrogens with one attached hydrogen (secondary N) is 1. The van der Waals surface area contributed by atoms with E-state index in [0.717, 1.165) is 24.2 Å². The van der Waals surface area contributed by atoms with Crippen molar-refractivity contribution >= 4 is 34.8 Å². The van der Waals surface area contributed by atoms with Crippen LogP contribution >= 0.6 is 34.8 Å². The Hall–Kier alpha value is -0.780. The van der Waals surface area contributed by atoms with Crippen molar-refractivity contribution < 1.29 is 0 Å². The summed E-state index contributed by atoms with van der Waals surface area (Å²) in [6.07, 6.45) is 2.54. The molecule has 0 bridgehead atoms. The van der Waals surface area contributed by atoms with Crippen LogP contribution < -0.4 is 11.3 Å². The summed E-state index contributed by atoms with van der Waals surface area (Å²) < 4.78 is 1.82. The molecule has 2 aromatic rings. The number of hydrogen-bond donors (Lipinski definition) is 2. The molecule has 108 valence electrons. The maximum Gasteiger partial charge on any atom is 0.0908 e. The molecule has 0 aliphatic heterocycles. The van der Waals surface area contributed by atoms with Gasteiger partial charge in [0.15, 0.2) is 0 Å². The van der Waals surface area contributed by atoms with E-state index in [1.54, 1.807) is 12.3 Å². The lowest BCUT2D eigenvalue weighted by molar-refractivity contribution is 0.521. The van der Waals surface area contributed by atoms with Gasteiger partial charge in [0.1, 0.15) is 0 Å². The molecular weight excluding hydrogens is 319 g/mol. The number of rotatable bonds is 5. The zero-order valence-corrected chi connectivity index (χ0v) is 13.2. The Balaban J connectivity index is 2.52. The molecule has 0 radical (unpaired) electrons. The van der Waals surface area contributed by atoms with Crippen LogP contribution in [0, 0.1) is 0 Å². The number of benzene rings is 1. The molecule has 0 amide bonds. The third-order valence-electron chi connectivity index (χ3n) is 3.00. The van der Waals surface area contributed by atoms with Gasteiger partial charge >= 0.3 is 0 Å². The molecule has 2 rings (SSSR count). The van der Waals surface area contributed by atoms with E-state index in [2.05, 4.69) is 17.4 Å². The second kappa shape index (κ2) is 6.78. The average Bonchev–Trinajstić information content (AvgIpc) is 2.78. The van der Waals surface area contributed by atoms with E-state index in [-0.39, 0.29) is 6.04 Å². The molecular formula is C13H15Cl3N4. The predicted octanol–water partition coefficient (Wildman–Crippen LogP) is 3.81. The molecule has 0 fully saturated rings. The van der Waals surface area contributed by atoms with E-state index >= 15 is 0 Å². The second-order valence-electron chi connectivity index (χ2n) is 4.34. The number of aryl methyl sites for hydroxylation is 1. The Kier molecular flexibility index (Phi) is 5.29. The molecule has 1 unspecified atom stereocenters. The zero-order valence-electron chi connectivity index (χ0n) is 10.9. The second-order valence-corrected chi connectivity index (χ2v) is 5.54. The summed E-state index contributed by atoms with van der Waals surface area (Å²) in [7, 11) is 0. The fraction of sp³-hybridized carbons (Fsp3) is 0.308. The van der Waals surface area contributed by atoms with Crippen molar-refractivity contribution in [1.29, 1.82) is 0 Å². The predicted molar refractivity (Wildman–Crippen MR) is 83.2 cm³/mol. The maximum atomic E-state index is 6.27. The van der Waals surface area contributed by atoms with Crippen molar-refractivity contribution in [3.63, 3.8) is 0 Å². The van der Waals surface area contributed by atoms with E-state index in [1.807, 2.05) is 16.8 Å². The number of hydrazine groups is 1. The van der Waals surface area contributed by atoms with Gasteiger partial charge < -0.3 is 0 Å². The molecule has 0 aliphatic rings. The van der Waals surface area contributed by atoms with Gasteiger partial charge in [0, 0.05) is 6.54 Å². The standard InChI is InChI=1S/C13H15Cl3N4/c1-2-6-20-13(10(15)7-18-20)12(19-17)8-4-3-5-9(14)11(8)16/h3-5,7,12,19H,2,6,17H2,1H3. The van der Waals surface area contributed by atoms with Crippen molar-refractivity contribution in [2.24, 2.45) is 5.84 Å². The molecule has 1 aromatic heterocycles.